The molecule has 3 rings (SSSR count). The average Bonchev–Trinajstić information content (AvgIpc) is 3.26. The van der Waals surface area contributed by atoms with Gasteiger partial charge in [0.25, 0.3) is 5.91 Å². The highest BCUT2D eigenvalue weighted by molar-refractivity contribution is 14.1. The molecule has 0 spiro atoms. The average molecular weight is 371 g/mol. The smallest absolute Gasteiger partial charge is 0.254 e. The van der Waals surface area contributed by atoms with E-state index in [1.165, 1.54) is 25.7 Å². The molecule has 0 atom stereocenters. The van der Waals surface area contributed by atoms with Gasteiger partial charge in [-0.25, -0.2) is 0 Å². The van der Waals surface area contributed by atoms with E-state index in [1.807, 2.05) is 11.0 Å². The molecule has 0 unspecified atom stereocenters. The summed E-state index contributed by atoms with van der Waals surface area (Å²) in [5.41, 5.74) is 0.610. The van der Waals surface area contributed by atoms with Crippen molar-refractivity contribution in [3.63, 3.8) is 0 Å². The third kappa shape index (κ3) is 3.41. The van der Waals surface area contributed by atoms with Crippen molar-refractivity contribution >= 4 is 28.5 Å². The topological polar surface area (TPSA) is 40.5 Å². The predicted molar refractivity (Wildman–Crippen MR) is 82.2 cm³/mol. The lowest BCUT2D eigenvalue weighted by atomic mass is 10.1. The Morgan fingerprint density at radius 2 is 1.79 bits per heavy atom. The lowest BCUT2D eigenvalue weighted by Gasteiger charge is -2.22. The van der Waals surface area contributed by atoms with E-state index in [0.717, 1.165) is 16.7 Å². The Morgan fingerprint density at radius 1 is 1.21 bits per heavy atom. The maximum absolute atomic E-state index is 12.5. The van der Waals surface area contributed by atoms with Gasteiger partial charge in [-0.3, -0.25) is 4.79 Å². The molecule has 2 saturated carbocycles. The van der Waals surface area contributed by atoms with Crippen LogP contribution in [0.3, 0.4) is 0 Å². The summed E-state index contributed by atoms with van der Waals surface area (Å²) in [4.78, 5) is 14.5. The molecule has 1 aromatic rings. The normalized spacial score (nSPS) is 18.4. The van der Waals surface area contributed by atoms with Gasteiger partial charge in [0.05, 0.1) is 3.57 Å². The summed E-state index contributed by atoms with van der Waals surface area (Å²) < 4.78 is 0.782. The fourth-order valence-electron chi connectivity index (χ4n) is 2.29. The molecule has 0 heterocycles. The van der Waals surface area contributed by atoms with Crippen LogP contribution in [0.5, 0.6) is 5.75 Å². The number of phenolic OH excluding ortho intramolecular Hbond substituents is 1. The van der Waals surface area contributed by atoms with Gasteiger partial charge in [-0.2, -0.15) is 0 Å². The molecule has 3 nitrogen and oxygen atoms in total. The molecular formula is C15H18INO2. The third-order valence-corrected chi connectivity index (χ3v) is 4.74. The number of carbonyl (C=O) groups is 1. The van der Waals surface area contributed by atoms with Crippen LogP contribution in [0.1, 0.15) is 36.0 Å². The number of amides is 1. The molecule has 2 fully saturated rings. The van der Waals surface area contributed by atoms with Crippen LogP contribution in [-0.2, 0) is 0 Å². The molecule has 2 aliphatic rings. The maximum Gasteiger partial charge on any atom is 0.254 e. The lowest BCUT2D eigenvalue weighted by Crippen LogP contribution is -2.34. The van der Waals surface area contributed by atoms with E-state index in [4.69, 9.17) is 0 Å². The number of hydrogen-bond donors (Lipinski definition) is 1. The molecule has 0 radical (unpaired) electrons. The van der Waals surface area contributed by atoms with Crippen molar-refractivity contribution in [1.82, 2.24) is 4.90 Å². The van der Waals surface area contributed by atoms with E-state index in [0.29, 0.717) is 17.4 Å². The van der Waals surface area contributed by atoms with Gasteiger partial charge in [-0.1, -0.05) is 0 Å². The quantitative estimate of drug-likeness (QED) is 0.808. The summed E-state index contributed by atoms with van der Waals surface area (Å²) in [5.74, 6) is 1.69. The number of benzene rings is 1. The molecular weight excluding hydrogens is 353 g/mol. The Kier molecular flexibility index (Phi) is 3.69. The number of nitrogens with zero attached hydrogens (tertiary/aromatic N) is 1. The number of hydrogen-bond acceptors (Lipinski definition) is 2. The molecule has 4 heteroatoms. The molecule has 1 N–H and O–H groups in total. The molecule has 2 aliphatic carbocycles. The minimum absolute atomic E-state index is 0.0745. The SMILES string of the molecule is O=C(c1ccc(I)c(O)c1)N(CC1CC1)CC1CC1. The summed E-state index contributed by atoms with van der Waals surface area (Å²) in [6.45, 7) is 1.78. The Bertz CT molecular complexity index is 481. The van der Waals surface area contributed by atoms with E-state index in [-0.39, 0.29) is 11.7 Å². The van der Waals surface area contributed by atoms with Gasteiger partial charge in [0.1, 0.15) is 5.75 Å². The zero-order valence-corrected chi connectivity index (χ0v) is 13.0. The highest BCUT2D eigenvalue weighted by Gasteiger charge is 2.31. The molecule has 0 aromatic heterocycles. The highest BCUT2D eigenvalue weighted by atomic mass is 127. The fraction of sp³-hybridized carbons (Fsp3) is 0.533. The summed E-state index contributed by atoms with van der Waals surface area (Å²) in [6.07, 6.45) is 5.03. The number of rotatable bonds is 5. The molecule has 1 amide bonds. The van der Waals surface area contributed by atoms with Gasteiger partial charge >= 0.3 is 0 Å². The van der Waals surface area contributed by atoms with Crippen LogP contribution < -0.4 is 0 Å². The molecule has 102 valence electrons. The third-order valence-electron chi connectivity index (χ3n) is 3.83. The van der Waals surface area contributed by atoms with E-state index < -0.39 is 0 Å². The first-order valence-corrected chi connectivity index (χ1v) is 7.99. The molecule has 0 aliphatic heterocycles. The van der Waals surface area contributed by atoms with Gasteiger partial charge in [-0.05, 0) is 78.3 Å². The van der Waals surface area contributed by atoms with Crippen molar-refractivity contribution in [1.29, 1.82) is 0 Å². The molecule has 0 bridgehead atoms. The first-order chi connectivity index (χ1) is 9.13. The van der Waals surface area contributed by atoms with Crippen molar-refractivity contribution in [3.8, 4) is 5.75 Å². The summed E-state index contributed by atoms with van der Waals surface area (Å²) in [7, 11) is 0. The first kappa shape index (κ1) is 13.2. The minimum atomic E-state index is 0.0745. The molecule has 0 saturated heterocycles. The van der Waals surface area contributed by atoms with Crippen LogP contribution in [0.4, 0.5) is 0 Å². The van der Waals surface area contributed by atoms with Crippen LogP contribution in [0, 0.1) is 15.4 Å². The summed E-state index contributed by atoms with van der Waals surface area (Å²) in [6, 6.07) is 5.21. The Balaban J connectivity index is 1.74. The van der Waals surface area contributed by atoms with E-state index in [9.17, 15) is 9.90 Å². The van der Waals surface area contributed by atoms with Crippen molar-refractivity contribution in [3.05, 3.63) is 27.3 Å². The Morgan fingerprint density at radius 3 is 2.26 bits per heavy atom. The van der Waals surface area contributed by atoms with Crippen LogP contribution in [0.25, 0.3) is 0 Å². The van der Waals surface area contributed by atoms with Crippen molar-refractivity contribution in [2.24, 2.45) is 11.8 Å². The second-order valence-corrected chi connectivity index (χ2v) is 6.93. The standard InChI is InChI=1S/C15H18INO2/c16-13-6-5-12(7-14(13)18)15(19)17(8-10-1-2-10)9-11-3-4-11/h5-7,10-11,18H,1-4,8-9H2. The maximum atomic E-state index is 12.5. The summed E-state index contributed by atoms with van der Waals surface area (Å²) >= 11 is 2.07. The first-order valence-electron chi connectivity index (χ1n) is 6.91. The Labute approximate surface area is 127 Å². The zero-order chi connectivity index (χ0) is 13.4. The largest absolute Gasteiger partial charge is 0.507 e. The second-order valence-electron chi connectivity index (χ2n) is 5.76. The van der Waals surface area contributed by atoms with Crippen LogP contribution in [-0.4, -0.2) is 29.0 Å². The van der Waals surface area contributed by atoms with Crippen molar-refractivity contribution < 1.29 is 9.90 Å². The minimum Gasteiger partial charge on any atom is -0.507 e. The fourth-order valence-corrected chi connectivity index (χ4v) is 2.63. The van der Waals surface area contributed by atoms with Crippen LogP contribution in [0.2, 0.25) is 0 Å². The summed E-state index contributed by atoms with van der Waals surface area (Å²) in [5, 5.41) is 9.74. The Hall–Kier alpha value is -0.780. The van der Waals surface area contributed by atoms with Gasteiger partial charge < -0.3 is 10.0 Å². The number of carbonyl (C=O) groups excluding carboxylic acids is 1. The molecule has 1 aromatic carbocycles. The monoisotopic (exact) mass is 371 g/mol. The van der Waals surface area contributed by atoms with Gasteiger partial charge in [-0.15, -0.1) is 0 Å². The van der Waals surface area contributed by atoms with Crippen LogP contribution >= 0.6 is 22.6 Å². The van der Waals surface area contributed by atoms with Gasteiger partial charge in [0.15, 0.2) is 0 Å². The number of aromatic hydroxyl groups is 1. The van der Waals surface area contributed by atoms with Crippen molar-refractivity contribution in [2.75, 3.05) is 13.1 Å². The predicted octanol–water partition coefficient (Wildman–Crippen LogP) is 3.26. The van der Waals surface area contributed by atoms with Gasteiger partial charge in [0.2, 0.25) is 0 Å². The second kappa shape index (κ2) is 5.31. The highest BCUT2D eigenvalue weighted by Crippen LogP contribution is 2.34. The zero-order valence-electron chi connectivity index (χ0n) is 10.8. The lowest BCUT2D eigenvalue weighted by molar-refractivity contribution is 0.0739. The van der Waals surface area contributed by atoms with E-state index in [1.54, 1.807) is 12.1 Å². The number of phenols is 1. The van der Waals surface area contributed by atoms with Crippen LogP contribution in [0.15, 0.2) is 18.2 Å². The van der Waals surface area contributed by atoms with E-state index in [2.05, 4.69) is 22.6 Å². The van der Waals surface area contributed by atoms with Gasteiger partial charge in [0, 0.05) is 18.7 Å². The molecule has 19 heavy (non-hydrogen) atoms. The number of halogens is 1. The van der Waals surface area contributed by atoms with Crippen molar-refractivity contribution in [2.45, 2.75) is 25.7 Å². The van der Waals surface area contributed by atoms with E-state index >= 15 is 0 Å².